The first-order chi connectivity index (χ1) is 18.2. The van der Waals surface area contributed by atoms with E-state index in [0.29, 0.717) is 0 Å². The fourth-order valence-electron chi connectivity index (χ4n) is 10.2. The third-order valence-corrected chi connectivity index (χ3v) is 27.8. The predicted octanol–water partition coefficient (Wildman–Crippen LogP) is 9.76. The molecule has 0 heterocycles. The molecule has 0 saturated heterocycles. The summed E-state index contributed by atoms with van der Waals surface area (Å²) in [5.74, 6) is 6.05. The van der Waals surface area contributed by atoms with Gasteiger partial charge in [-0.05, 0) is 65.9 Å². The molecule has 0 bridgehead atoms. The number of benzene rings is 2. The van der Waals surface area contributed by atoms with Gasteiger partial charge in [-0.3, -0.25) is 0 Å². The van der Waals surface area contributed by atoms with E-state index in [9.17, 15) is 0 Å². The van der Waals surface area contributed by atoms with Gasteiger partial charge in [-0.2, -0.15) is 0 Å². The Bertz CT molecular complexity index is 1000. The van der Waals surface area contributed by atoms with Gasteiger partial charge in [0.05, 0.1) is 16.6 Å². The van der Waals surface area contributed by atoms with Crippen molar-refractivity contribution in [2.45, 2.75) is 99.5 Å². The van der Waals surface area contributed by atoms with E-state index in [1.165, 1.54) is 57.8 Å². The summed E-state index contributed by atoms with van der Waals surface area (Å²) in [6, 6.07) is 24.4. The molecule has 42 heavy (non-hydrogen) atoms. The molecule has 2 aromatic carbocycles. The minimum atomic E-state index is -1.18. The maximum absolute atomic E-state index is 2.96. The van der Waals surface area contributed by atoms with E-state index in [1.807, 2.05) is 10.4 Å². The Balaban J connectivity index is 0.00000176. The number of alkyl halides is 1. The SMILES string of the molecule is CCCCC1CCC([SiH](c2ccccc2)[SiH](c2ccccc2)C2C(C)CC3C(I)C4CCCC4CC32)C1.[CH3-].[CH3-].[CH3-].[CH3-].[Zr+4]. The summed E-state index contributed by atoms with van der Waals surface area (Å²) in [4.78, 5) is 0. The van der Waals surface area contributed by atoms with E-state index in [2.05, 4.69) is 97.1 Å². The van der Waals surface area contributed by atoms with Gasteiger partial charge in [-0.15, -0.1) is 0 Å². The van der Waals surface area contributed by atoms with Crippen LogP contribution < -0.4 is 10.4 Å². The molecule has 0 spiro atoms. The molecule has 4 heteroatoms. The maximum atomic E-state index is 2.96. The van der Waals surface area contributed by atoms with Gasteiger partial charge in [0.2, 0.25) is 0 Å². The number of halogens is 1. The molecule has 11 unspecified atom stereocenters. The molecule has 0 nitrogen and oxygen atoms in total. The Labute approximate surface area is 298 Å². The molecular formula is C38H61ISi2Zr. The minimum Gasteiger partial charge on any atom is -0.358 e. The Morgan fingerprint density at radius 2 is 1.33 bits per heavy atom. The summed E-state index contributed by atoms with van der Waals surface area (Å²) in [7, 11) is -2.31. The van der Waals surface area contributed by atoms with E-state index in [1.54, 1.807) is 12.8 Å². The zero-order valence-corrected chi connectivity index (χ0v) is 34.7. The Kier molecular flexibility index (Phi) is 17.9. The summed E-state index contributed by atoms with van der Waals surface area (Å²) in [6.07, 6.45) is 16.6. The second-order valence-electron chi connectivity index (χ2n) is 13.6. The van der Waals surface area contributed by atoms with Crippen molar-refractivity contribution in [2.75, 3.05) is 0 Å². The number of hydrogen-bond acceptors (Lipinski definition) is 0. The molecule has 6 rings (SSSR count). The van der Waals surface area contributed by atoms with E-state index < -0.39 is 16.6 Å². The molecule has 11 atom stereocenters. The molecule has 0 amide bonds. The van der Waals surface area contributed by atoms with Gasteiger partial charge >= 0.3 is 26.2 Å². The standard InChI is InChI=1S/C34H49ISi2.4CH3.Zr/c1-3-4-12-25-19-20-29(22-25)36(27-14-7-5-8-15-27)37(28-16-9-6-10-17-28)34-24(2)21-31-32(34)23-26-13-11-18-30(26)33(31)35;;;;;/h5-10,14-17,24-26,29-34,36-37H,3-4,11-13,18-23H2,1-2H3;4*1H3;/q;4*-1;+4. The van der Waals surface area contributed by atoms with Crippen molar-refractivity contribution in [1.82, 2.24) is 0 Å². The van der Waals surface area contributed by atoms with Crippen LogP contribution in [0.15, 0.2) is 60.7 Å². The molecule has 0 aromatic heterocycles. The van der Waals surface area contributed by atoms with Crippen molar-refractivity contribution >= 4 is 49.6 Å². The van der Waals surface area contributed by atoms with Crippen LogP contribution >= 0.6 is 22.6 Å². The van der Waals surface area contributed by atoms with Crippen molar-refractivity contribution in [3.8, 4) is 0 Å². The molecule has 232 valence electrons. The van der Waals surface area contributed by atoms with Crippen LogP contribution in [-0.4, -0.2) is 20.6 Å². The first-order valence-corrected chi connectivity index (χ1v) is 22.3. The second kappa shape index (κ2) is 18.6. The van der Waals surface area contributed by atoms with Crippen LogP contribution in [0.4, 0.5) is 0 Å². The average Bonchev–Trinajstić information content (AvgIpc) is 3.67. The summed E-state index contributed by atoms with van der Waals surface area (Å²) >= 11 is 2.96. The van der Waals surface area contributed by atoms with E-state index in [0.717, 1.165) is 50.5 Å². The van der Waals surface area contributed by atoms with Gasteiger partial charge < -0.3 is 29.7 Å². The quantitative estimate of drug-likeness (QED) is 0.108. The molecule has 0 radical (unpaired) electrons. The number of hydrogen-bond donors (Lipinski definition) is 0. The molecule has 2 aromatic rings. The number of fused-ring (bicyclic) bond motifs is 2. The Morgan fingerprint density at radius 1 is 0.714 bits per heavy atom. The third-order valence-electron chi connectivity index (χ3n) is 11.7. The molecule has 4 fully saturated rings. The van der Waals surface area contributed by atoms with Gasteiger partial charge in [-0.1, -0.05) is 159 Å². The number of unbranched alkanes of at least 4 members (excludes halogenated alkanes) is 1. The van der Waals surface area contributed by atoms with Crippen molar-refractivity contribution in [1.29, 1.82) is 0 Å². The van der Waals surface area contributed by atoms with Crippen molar-refractivity contribution in [2.24, 2.45) is 35.5 Å². The summed E-state index contributed by atoms with van der Waals surface area (Å²) in [6.45, 7) is 5.09. The van der Waals surface area contributed by atoms with Gasteiger partial charge in [0.1, 0.15) is 0 Å². The zero-order valence-electron chi connectivity index (χ0n) is 27.8. The van der Waals surface area contributed by atoms with E-state index >= 15 is 0 Å². The number of rotatable bonds is 8. The first kappa shape index (κ1) is 40.5. The van der Waals surface area contributed by atoms with Crippen molar-refractivity contribution in [3.63, 3.8) is 0 Å². The van der Waals surface area contributed by atoms with Crippen LogP contribution in [0.5, 0.6) is 0 Å². The zero-order chi connectivity index (χ0) is 25.4. The van der Waals surface area contributed by atoms with Crippen LogP contribution in [0.25, 0.3) is 0 Å². The first-order valence-electron chi connectivity index (χ1n) is 15.9. The van der Waals surface area contributed by atoms with Crippen molar-refractivity contribution < 1.29 is 26.2 Å². The minimum absolute atomic E-state index is 0. The normalized spacial score (nSPS) is 34.1. The van der Waals surface area contributed by atoms with E-state index in [-0.39, 0.29) is 55.9 Å². The van der Waals surface area contributed by atoms with E-state index in [4.69, 9.17) is 0 Å². The predicted molar refractivity (Wildman–Crippen MR) is 200 cm³/mol. The van der Waals surface area contributed by atoms with Crippen LogP contribution in [0.3, 0.4) is 0 Å². The van der Waals surface area contributed by atoms with Crippen LogP contribution in [0.1, 0.15) is 84.5 Å². The van der Waals surface area contributed by atoms with Gasteiger partial charge in [0.25, 0.3) is 0 Å². The van der Waals surface area contributed by atoms with Gasteiger partial charge in [-0.25, -0.2) is 0 Å². The molecular weight excluding hydrogens is 731 g/mol. The van der Waals surface area contributed by atoms with Crippen LogP contribution in [0.2, 0.25) is 11.1 Å². The van der Waals surface area contributed by atoms with Gasteiger partial charge in [0, 0.05) is 3.92 Å². The fourth-order valence-corrected chi connectivity index (χ4v) is 29.3. The molecule has 4 aliphatic rings. The average molecular weight is 792 g/mol. The molecule has 4 saturated carbocycles. The van der Waals surface area contributed by atoms with Gasteiger partial charge in [0.15, 0.2) is 0 Å². The third kappa shape index (κ3) is 8.25. The molecule has 4 aliphatic carbocycles. The smallest absolute Gasteiger partial charge is 0.358 e. The van der Waals surface area contributed by atoms with Crippen molar-refractivity contribution in [3.05, 3.63) is 90.4 Å². The summed E-state index contributed by atoms with van der Waals surface area (Å²) < 4.78 is 0.948. The maximum Gasteiger partial charge on any atom is 4.00 e. The summed E-state index contributed by atoms with van der Waals surface area (Å²) in [5.41, 5.74) is 2.06. The Morgan fingerprint density at radius 3 is 1.95 bits per heavy atom. The Hall–Kier alpha value is 0.487. The summed E-state index contributed by atoms with van der Waals surface area (Å²) in [5, 5.41) is 3.68. The molecule has 0 aliphatic heterocycles. The monoisotopic (exact) mass is 790 g/mol. The second-order valence-corrected chi connectivity index (χ2v) is 24.5. The van der Waals surface area contributed by atoms with Crippen LogP contribution in [0, 0.1) is 65.2 Å². The topological polar surface area (TPSA) is 0 Å². The molecule has 0 N–H and O–H groups in total. The fraction of sp³-hybridized carbons (Fsp3) is 0.579. The largest absolute Gasteiger partial charge is 4.00 e. The van der Waals surface area contributed by atoms with Crippen LogP contribution in [-0.2, 0) is 26.2 Å².